The third-order valence-corrected chi connectivity index (χ3v) is 1.95. The van der Waals surface area contributed by atoms with Gasteiger partial charge in [-0.05, 0) is 17.7 Å². The summed E-state index contributed by atoms with van der Waals surface area (Å²) in [5.41, 5.74) is 6.26. The summed E-state index contributed by atoms with van der Waals surface area (Å²) >= 11 is 0. The van der Waals surface area contributed by atoms with Gasteiger partial charge < -0.3 is 15.3 Å². The van der Waals surface area contributed by atoms with Crippen molar-refractivity contribution in [3.63, 3.8) is 0 Å². The van der Waals surface area contributed by atoms with Crippen molar-refractivity contribution < 1.29 is 9.52 Å². The summed E-state index contributed by atoms with van der Waals surface area (Å²) in [6, 6.07) is 6.92. The van der Waals surface area contributed by atoms with Crippen molar-refractivity contribution in [3.05, 3.63) is 41.6 Å². The second-order valence-corrected chi connectivity index (χ2v) is 3.14. The number of benzene rings is 1. The van der Waals surface area contributed by atoms with Crippen molar-refractivity contribution in [1.82, 2.24) is 10.2 Å². The Morgan fingerprint density at radius 3 is 2.73 bits per heavy atom. The van der Waals surface area contributed by atoms with Gasteiger partial charge in [-0.15, -0.1) is 10.2 Å². The van der Waals surface area contributed by atoms with E-state index in [1.807, 2.05) is 6.07 Å². The molecule has 0 spiro atoms. The molecule has 2 aromatic rings. The molecule has 0 atom stereocenters. The number of nitrogens with zero attached hydrogens (tertiary/aromatic N) is 2. The Balaban J connectivity index is 2.14. The lowest BCUT2D eigenvalue weighted by Gasteiger charge is -1.97. The fourth-order valence-corrected chi connectivity index (χ4v) is 1.28. The number of phenolic OH excluding ortho intramolecular Hbond substituents is 1. The van der Waals surface area contributed by atoms with E-state index in [9.17, 15) is 5.11 Å². The number of nitrogens with two attached hydrogens (primary N) is 1. The molecule has 0 bridgehead atoms. The second kappa shape index (κ2) is 4.10. The van der Waals surface area contributed by atoms with Crippen LogP contribution in [0.25, 0.3) is 0 Å². The predicted molar refractivity (Wildman–Crippen MR) is 53.1 cm³/mol. The predicted octanol–water partition coefficient (Wildman–Crippen LogP) is 0.825. The number of rotatable bonds is 3. The molecule has 1 heterocycles. The number of hydrogen-bond donors (Lipinski definition) is 2. The quantitative estimate of drug-likeness (QED) is 0.775. The Morgan fingerprint density at radius 1 is 1.27 bits per heavy atom. The highest BCUT2D eigenvalue weighted by atomic mass is 16.4. The molecule has 0 unspecified atom stereocenters. The zero-order valence-corrected chi connectivity index (χ0v) is 8.05. The molecular formula is C10H11N3O2. The van der Waals surface area contributed by atoms with Crippen molar-refractivity contribution in [1.29, 1.82) is 0 Å². The van der Waals surface area contributed by atoms with Gasteiger partial charge in [0.05, 0.1) is 13.0 Å². The smallest absolute Gasteiger partial charge is 0.230 e. The Labute approximate surface area is 86.6 Å². The SMILES string of the molecule is NCc1nnc(Cc2cccc(O)c2)o1. The largest absolute Gasteiger partial charge is 0.508 e. The zero-order valence-electron chi connectivity index (χ0n) is 8.05. The van der Waals surface area contributed by atoms with Gasteiger partial charge in [0.2, 0.25) is 11.8 Å². The molecular weight excluding hydrogens is 194 g/mol. The van der Waals surface area contributed by atoms with Gasteiger partial charge in [-0.3, -0.25) is 0 Å². The van der Waals surface area contributed by atoms with Crippen LogP contribution in [-0.4, -0.2) is 15.3 Å². The van der Waals surface area contributed by atoms with Crippen molar-refractivity contribution in [2.24, 2.45) is 5.73 Å². The van der Waals surface area contributed by atoms with Gasteiger partial charge in [0.15, 0.2) is 0 Å². The summed E-state index contributed by atoms with van der Waals surface area (Å²) in [7, 11) is 0. The van der Waals surface area contributed by atoms with Gasteiger partial charge in [-0.25, -0.2) is 0 Å². The molecule has 0 radical (unpaired) electrons. The van der Waals surface area contributed by atoms with Crippen LogP contribution in [0.5, 0.6) is 5.75 Å². The molecule has 0 aliphatic carbocycles. The zero-order chi connectivity index (χ0) is 10.7. The third-order valence-electron chi connectivity index (χ3n) is 1.95. The van der Waals surface area contributed by atoms with E-state index in [2.05, 4.69) is 10.2 Å². The summed E-state index contributed by atoms with van der Waals surface area (Å²) in [4.78, 5) is 0. The maximum Gasteiger partial charge on any atom is 0.230 e. The molecule has 1 aromatic heterocycles. The molecule has 0 fully saturated rings. The van der Waals surface area contributed by atoms with E-state index in [0.29, 0.717) is 18.2 Å². The van der Waals surface area contributed by atoms with Crippen LogP contribution in [0.2, 0.25) is 0 Å². The van der Waals surface area contributed by atoms with E-state index in [0.717, 1.165) is 5.56 Å². The maximum atomic E-state index is 9.26. The standard InChI is InChI=1S/C10H11N3O2/c11-6-10-13-12-9(15-10)5-7-2-1-3-8(14)4-7/h1-4,14H,5-6,11H2. The Morgan fingerprint density at radius 2 is 2.07 bits per heavy atom. The van der Waals surface area contributed by atoms with Gasteiger partial charge in [-0.1, -0.05) is 12.1 Å². The van der Waals surface area contributed by atoms with Crippen LogP contribution in [0, 0.1) is 0 Å². The summed E-state index contributed by atoms with van der Waals surface area (Å²) in [5, 5.41) is 16.8. The highest BCUT2D eigenvalue weighted by Gasteiger charge is 2.05. The second-order valence-electron chi connectivity index (χ2n) is 3.14. The molecule has 5 heteroatoms. The number of aromatic hydroxyl groups is 1. The Kier molecular flexibility index (Phi) is 2.64. The van der Waals surface area contributed by atoms with Gasteiger partial charge in [0, 0.05) is 0 Å². The lowest BCUT2D eigenvalue weighted by Crippen LogP contribution is -1.95. The molecule has 0 aliphatic heterocycles. The molecule has 2 rings (SSSR count). The van der Waals surface area contributed by atoms with E-state index < -0.39 is 0 Å². The average molecular weight is 205 g/mol. The van der Waals surface area contributed by atoms with E-state index in [4.69, 9.17) is 10.2 Å². The fourth-order valence-electron chi connectivity index (χ4n) is 1.28. The lowest BCUT2D eigenvalue weighted by molar-refractivity contribution is 0.458. The monoisotopic (exact) mass is 205 g/mol. The molecule has 15 heavy (non-hydrogen) atoms. The van der Waals surface area contributed by atoms with Crippen molar-refractivity contribution in [2.45, 2.75) is 13.0 Å². The summed E-state index contributed by atoms with van der Waals surface area (Å²) in [5.74, 6) is 1.15. The van der Waals surface area contributed by atoms with E-state index in [1.165, 1.54) is 0 Å². The maximum absolute atomic E-state index is 9.26. The molecule has 0 saturated carbocycles. The topological polar surface area (TPSA) is 85.2 Å². The van der Waals surface area contributed by atoms with Crippen LogP contribution < -0.4 is 5.73 Å². The van der Waals surface area contributed by atoms with Crippen molar-refractivity contribution >= 4 is 0 Å². The normalized spacial score (nSPS) is 10.5. The van der Waals surface area contributed by atoms with Crippen LogP contribution in [0.4, 0.5) is 0 Å². The molecule has 0 amide bonds. The number of aromatic nitrogens is 2. The third kappa shape index (κ3) is 2.32. The van der Waals surface area contributed by atoms with E-state index >= 15 is 0 Å². The van der Waals surface area contributed by atoms with Crippen LogP contribution in [-0.2, 0) is 13.0 Å². The lowest BCUT2D eigenvalue weighted by atomic mass is 10.1. The molecule has 0 aliphatic rings. The van der Waals surface area contributed by atoms with Gasteiger partial charge in [-0.2, -0.15) is 0 Å². The van der Waals surface area contributed by atoms with Crippen molar-refractivity contribution in [3.8, 4) is 5.75 Å². The first-order chi connectivity index (χ1) is 7.28. The van der Waals surface area contributed by atoms with Gasteiger partial charge >= 0.3 is 0 Å². The minimum atomic E-state index is 0.228. The Hall–Kier alpha value is -1.88. The van der Waals surface area contributed by atoms with Crippen molar-refractivity contribution in [2.75, 3.05) is 0 Å². The Bertz CT molecular complexity index is 453. The molecule has 3 N–H and O–H groups in total. The van der Waals surface area contributed by atoms with Crippen LogP contribution in [0.3, 0.4) is 0 Å². The fraction of sp³-hybridized carbons (Fsp3) is 0.200. The first-order valence-corrected chi connectivity index (χ1v) is 4.57. The van der Waals surface area contributed by atoms with E-state index in [-0.39, 0.29) is 12.3 Å². The minimum Gasteiger partial charge on any atom is -0.508 e. The summed E-state index contributed by atoms with van der Waals surface area (Å²) < 4.78 is 5.25. The highest BCUT2D eigenvalue weighted by Crippen LogP contribution is 2.14. The van der Waals surface area contributed by atoms with Gasteiger partial charge in [0.1, 0.15) is 5.75 Å². The van der Waals surface area contributed by atoms with Crippen LogP contribution >= 0.6 is 0 Å². The number of phenols is 1. The molecule has 0 saturated heterocycles. The van der Waals surface area contributed by atoms with Gasteiger partial charge in [0.25, 0.3) is 0 Å². The molecule has 5 nitrogen and oxygen atoms in total. The summed E-state index contributed by atoms with van der Waals surface area (Å²) in [6.07, 6.45) is 0.501. The summed E-state index contributed by atoms with van der Waals surface area (Å²) in [6.45, 7) is 0.243. The van der Waals surface area contributed by atoms with Crippen LogP contribution in [0.15, 0.2) is 28.7 Å². The highest BCUT2D eigenvalue weighted by molar-refractivity contribution is 5.28. The van der Waals surface area contributed by atoms with Crippen LogP contribution in [0.1, 0.15) is 17.3 Å². The first kappa shape index (κ1) is 9.67. The molecule has 1 aromatic carbocycles. The first-order valence-electron chi connectivity index (χ1n) is 4.57. The molecule has 78 valence electrons. The average Bonchev–Trinajstić information content (AvgIpc) is 2.65. The van der Waals surface area contributed by atoms with E-state index in [1.54, 1.807) is 18.2 Å². The minimum absolute atomic E-state index is 0.228. The number of hydrogen-bond acceptors (Lipinski definition) is 5.